The molecule has 1 aliphatic heterocycles. The summed E-state index contributed by atoms with van der Waals surface area (Å²) in [4.78, 5) is 28.6. The van der Waals surface area contributed by atoms with E-state index in [4.69, 9.17) is 0 Å². The number of likely N-dealkylation sites (N-methyl/N-ethyl adjacent to an activating group) is 1. The lowest BCUT2D eigenvalue weighted by Crippen LogP contribution is -2.47. The molecule has 1 aromatic rings. The summed E-state index contributed by atoms with van der Waals surface area (Å²) in [7, 11) is 0. The fourth-order valence-electron chi connectivity index (χ4n) is 3.18. The van der Waals surface area contributed by atoms with Gasteiger partial charge in [0.15, 0.2) is 0 Å². The highest BCUT2D eigenvalue weighted by Gasteiger charge is 2.35. The molecule has 2 amide bonds. The zero-order valence-corrected chi connectivity index (χ0v) is 14.8. The van der Waals surface area contributed by atoms with Gasteiger partial charge in [-0.1, -0.05) is 44.2 Å². The summed E-state index contributed by atoms with van der Waals surface area (Å²) in [6, 6.07) is 9.78. The molecule has 1 aromatic carbocycles. The smallest absolute Gasteiger partial charge is 0.242 e. The number of nitrogens with one attached hydrogen (secondary N) is 1. The first-order valence-corrected chi connectivity index (χ1v) is 8.99. The lowest BCUT2D eigenvalue weighted by atomic mass is 10.1. The van der Waals surface area contributed by atoms with Crippen molar-refractivity contribution in [1.29, 1.82) is 0 Å². The number of likely N-dealkylation sites (tertiary alicyclic amines) is 1. The van der Waals surface area contributed by atoms with Gasteiger partial charge >= 0.3 is 0 Å². The van der Waals surface area contributed by atoms with E-state index in [1.165, 1.54) is 5.56 Å². The molecular formula is C19H29N3O2. The molecule has 0 aromatic heterocycles. The summed E-state index contributed by atoms with van der Waals surface area (Å²) >= 11 is 0. The van der Waals surface area contributed by atoms with Crippen molar-refractivity contribution in [3.05, 3.63) is 35.9 Å². The minimum absolute atomic E-state index is 0.0129. The number of hydrogen-bond donors (Lipinski definition) is 1. The molecule has 0 bridgehead atoms. The molecule has 1 unspecified atom stereocenters. The molecule has 5 heteroatoms. The van der Waals surface area contributed by atoms with Crippen molar-refractivity contribution >= 4 is 11.8 Å². The molecule has 0 spiro atoms. The molecule has 1 N–H and O–H groups in total. The predicted octanol–water partition coefficient (Wildman–Crippen LogP) is 1.68. The largest absolute Gasteiger partial charge is 0.353 e. The van der Waals surface area contributed by atoms with Gasteiger partial charge in [0.2, 0.25) is 11.8 Å². The van der Waals surface area contributed by atoms with Crippen LogP contribution in [-0.2, 0) is 16.0 Å². The summed E-state index contributed by atoms with van der Waals surface area (Å²) in [5.41, 5.74) is 1.19. The van der Waals surface area contributed by atoms with Crippen LogP contribution in [0.1, 0.15) is 32.3 Å². The number of carbonyl (C=O) groups is 2. The third-order valence-electron chi connectivity index (χ3n) is 4.74. The van der Waals surface area contributed by atoms with Crippen LogP contribution in [0.3, 0.4) is 0 Å². The van der Waals surface area contributed by atoms with E-state index in [1.54, 1.807) is 4.90 Å². The summed E-state index contributed by atoms with van der Waals surface area (Å²) < 4.78 is 0. The average molecular weight is 331 g/mol. The van der Waals surface area contributed by atoms with Gasteiger partial charge in [-0.3, -0.25) is 9.59 Å². The Morgan fingerprint density at radius 1 is 1.25 bits per heavy atom. The maximum Gasteiger partial charge on any atom is 0.242 e. The monoisotopic (exact) mass is 331 g/mol. The summed E-state index contributed by atoms with van der Waals surface area (Å²) in [5, 5.41) is 3.00. The van der Waals surface area contributed by atoms with Crippen molar-refractivity contribution in [2.75, 3.05) is 32.7 Å². The number of carbonyl (C=O) groups excluding carboxylic acids is 2. The zero-order valence-electron chi connectivity index (χ0n) is 14.8. The van der Waals surface area contributed by atoms with Crippen molar-refractivity contribution in [3.8, 4) is 0 Å². The van der Waals surface area contributed by atoms with E-state index < -0.39 is 0 Å². The van der Waals surface area contributed by atoms with Gasteiger partial charge in [0, 0.05) is 26.1 Å². The first kappa shape index (κ1) is 18.5. The molecule has 1 saturated heterocycles. The average Bonchev–Trinajstić information content (AvgIpc) is 2.98. The first-order valence-electron chi connectivity index (χ1n) is 8.99. The van der Waals surface area contributed by atoms with Gasteiger partial charge < -0.3 is 15.1 Å². The SMILES string of the molecule is CCN(CC)CCNC(=O)C1CCC(=O)N1CCc1ccccc1. The van der Waals surface area contributed by atoms with Crippen molar-refractivity contribution in [2.24, 2.45) is 0 Å². The Bertz CT molecular complexity index is 529. The highest BCUT2D eigenvalue weighted by molar-refractivity contribution is 5.90. The summed E-state index contributed by atoms with van der Waals surface area (Å²) in [6.45, 7) is 8.30. The van der Waals surface area contributed by atoms with Gasteiger partial charge in [-0.25, -0.2) is 0 Å². The predicted molar refractivity (Wildman–Crippen MR) is 95.7 cm³/mol. The Kier molecular flexibility index (Phi) is 7.25. The minimum Gasteiger partial charge on any atom is -0.353 e. The van der Waals surface area contributed by atoms with E-state index in [-0.39, 0.29) is 17.9 Å². The van der Waals surface area contributed by atoms with Crippen LogP contribution in [0.4, 0.5) is 0 Å². The van der Waals surface area contributed by atoms with Crippen LogP contribution in [0.2, 0.25) is 0 Å². The molecular weight excluding hydrogens is 302 g/mol. The molecule has 1 atom stereocenters. The Labute approximate surface area is 145 Å². The number of hydrogen-bond acceptors (Lipinski definition) is 3. The van der Waals surface area contributed by atoms with Gasteiger partial charge in [-0.2, -0.15) is 0 Å². The van der Waals surface area contributed by atoms with Crippen molar-refractivity contribution in [3.63, 3.8) is 0 Å². The maximum absolute atomic E-state index is 12.4. The third-order valence-corrected chi connectivity index (χ3v) is 4.74. The van der Waals surface area contributed by atoms with Crippen molar-refractivity contribution < 1.29 is 9.59 Å². The number of rotatable bonds is 9. The van der Waals surface area contributed by atoms with E-state index in [1.807, 2.05) is 18.2 Å². The van der Waals surface area contributed by atoms with Gasteiger partial charge in [0.25, 0.3) is 0 Å². The van der Waals surface area contributed by atoms with Crippen LogP contribution < -0.4 is 5.32 Å². The lowest BCUT2D eigenvalue weighted by molar-refractivity contribution is -0.135. The van der Waals surface area contributed by atoms with Crippen molar-refractivity contribution in [1.82, 2.24) is 15.1 Å². The van der Waals surface area contributed by atoms with Crippen LogP contribution in [-0.4, -0.2) is 60.4 Å². The van der Waals surface area contributed by atoms with E-state index >= 15 is 0 Å². The van der Waals surface area contributed by atoms with Crippen molar-refractivity contribution in [2.45, 2.75) is 39.2 Å². The Morgan fingerprint density at radius 3 is 2.62 bits per heavy atom. The molecule has 1 heterocycles. The topological polar surface area (TPSA) is 52.7 Å². The minimum atomic E-state index is -0.307. The Balaban J connectivity index is 1.83. The van der Waals surface area contributed by atoms with Gasteiger partial charge in [0.1, 0.15) is 6.04 Å². The highest BCUT2D eigenvalue weighted by atomic mass is 16.2. The second-order valence-corrected chi connectivity index (χ2v) is 6.20. The molecule has 132 valence electrons. The third kappa shape index (κ3) is 5.06. The highest BCUT2D eigenvalue weighted by Crippen LogP contribution is 2.19. The second-order valence-electron chi connectivity index (χ2n) is 6.20. The quantitative estimate of drug-likeness (QED) is 0.749. The first-order chi connectivity index (χ1) is 11.7. The molecule has 1 fully saturated rings. The molecule has 5 nitrogen and oxygen atoms in total. The van der Waals surface area contributed by atoms with Gasteiger partial charge in [-0.15, -0.1) is 0 Å². The summed E-state index contributed by atoms with van der Waals surface area (Å²) in [6.07, 6.45) is 1.89. The molecule has 0 radical (unpaired) electrons. The Hall–Kier alpha value is -1.88. The maximum atomic E-state index is 12.4. The van der Waals surface area contributed by atoms with Crippen LogP contribution >= 0.6 is 0 Å². The fourth-order valence-corrected chi connectivity index (χ4v) is 3.18. The van der Waals surface area contributed by atoms with Gasteiger partial charge in [-0.05, 0) is 31.5 Å². The van der Waals surface area contributed by atoms with Crippen LogP contribution in [0.15, 0.2) is 30.3 Å². The van der Waals surface area contributed by atoms with Crippen LogP contribution in [0, 0.1) is 0 Å². The standard InChI is InChI=1S/C19H29N3O2/c1-3-21(4-2)15-13-20-19(24)17-10-11-18(23)22(17)14-12-16-8-6-5-7-9-16/h5-9,17H,3-4,10-15H2,1-2H3,(H,20,24). The Morgan fingerprint density at radius 2 is 1.96 bits per heavy atom. The molecule has 0 saturated carbocycles. The molecule has 1 aliphatic rings. The second kappa shape index (κ2) is 9.42. The van der Waals surface area contributed by atoms with Gasteiger partial charge in [0.05, 0.1) is 0 Å². The van der Waals surface area contributed by atoms with E-state index in [0.29, 0.717) is 25.9 Å². The van der Waals surface area contributed by atoms with Crippen LogP contribution in [0.5, 0.6) is 0 Å². The fraction of sp³-hybridized carbons (Fsp3) is 0.579. The van der Waals surface area contributed by atoms with E-state index in [2.05, 4.69) is 36.2 Å². The number of nitrogens with zero attached hydrogens (tertiary/aromatic N) is 2. The van der Waals surface area contributed by atoms with E-state index in [0.717, 1.165) is 26.1 Å². The normalized spacial score (nSPS) is 17.5. The molecule has 0 aliphatic carbocycles. The van der Waals surface area contributed by atoms with Crippen LogP contribution in [0.25, 0.3) is 0 Å². The molecule has 2 rings (SSSR count). The summed E-state index contributed by atoms with van der Waals surface area (Å²) in [5.74, 6) is 0.0795. The zero-order chi connectivity index (χ0) is 17.4. The number of benzene rings is 1. The van der Waals surface area contributed by atoms with E-state index in [9.17, 15) is 9.59 Å². The molecule has 24 heavy (non-hydrogen) atoms. The number of amides is 2. The lowest BCUT2D eigenvalue weighted by Gasteiger charge is -2.25.